The van der Waals surface area contributed by atoms with Gasteiger partial charge in [0.2, 0.25) is 88.6 Å². The zero-order valence-corrected chi connectivity index (χ0v) is 65.6. The molecule has 0 aliphatic carbocycles. The summed E-state index contributed by atoms with van der Waals surface area (Å²) in [6.07, 6.45) is -2.59. The summed E-state index contributed by atoms with van der Waals surface area (Å²) in [5, 5.41) is 67.3. The van der Waals surface area contributed by atoms with Gasteiger partial charge in [-0.1, -0.05) is 91.3 Å². The summed E-state index contributed by atoms with van der Waals surface area (Å²) < 4.78 is 5.81. The highest BCUT2D eigenvalue weighted by Crippen LogP contribution is 2.22. The molecule has 115 heavy (non-hydrogen) atoms. The predicted octanol–water partition coefficient (Wildman–Crippen LogP) is -4.18. The number of primary amides is 2. The molecule has 1 fully saturated rings. The second-order valence-corrected chi connectivity index (χ2v) is 28.6. The second kappa shape index (κ2) is 48.9. The zero-order chi connectivity index (χ0) is 86.5. The number of nitrogens with zero attached hydrogens (tertiary/aromatic N) is 1. The third kappa shape index (κ3) is 34.6. The zero-order valence-electron chi connectivity index (χ0n) is 65.6. The number of aliphatic carboxylic acids is 4. The number of fused-ring (bicyclic) bond motifs is 1. The smallest absolute Gasteiger partial charge is 0.329 e. The van der Waals surface area contributed by atoms with E-state index in [-0.39, 0.29) is 45.1 Å². The number of aromatic amines is 1. The molecule has 15 atom stereocenters. The molecule has 1 aliphatic rings. The molecule has 0 spiro atoms. The molecular weight excluding hydrogens is 1510 g/mol. The number of cyclic esters (lactones) is 1. The van der Waals surface area contributed by atoms with Gasteiger partial charge in [0.15, 0.2) is 0 Å². The minimum absolute atomic E-state index is 0.00000480. The molecule has 0 bridgehead atoms. The van der Waals surface area contributed by atoms with Crippen molar-refractivity contribution < 1.29 is 121 Å². The molecule has 2 heterocycles. The molecule has 42 nitrogen and oxygen atoms in total. The number of benzene rings is 1. The molecule has 2 aromatic rings. The maximum absolute atomic E-state index is 15.0. The summed E-state index contributed by atoms with van der Waals surface area (Å²) in [6.45, 7) is 8.17. The topological polar surface area (TPSA) is 673 Å². The number of nitrogens with one attached hydrogen (secondary N) is 13. The van der Waals surface area contributed by atoms with E-state index in [0.29, 0.717) is 40.1 Å². The van der Waals surface area contributed by atoms with E-state index < -0.39 is 261 Å². The van der Waals surface area contributed by atoms with Gasteiger partial charge in [-0.3, -0.25) is 91.1 Å². The minimum Gasteiger partial charge on any atom is -0.481 e. The quantitative estimate of drug-likeness (QED) is 0.0225. The van der Waals surface area contributed by atoms with Gasteiger partial charge in [0.05, 0.1) is 45.2 Å². The summed E-state index contributed by atoms with van der Waals surface area (Å²) >= 11 is 0. The Morgan fingerprint density at radius 3 is 1.75 bits per heavy atom. The number of esters is 1. The minimum atomic E-state index is -2.27. The number of rotatable bonds is 37. The van der Waals surface area contributed by atoms with E-state index >= 15 is 0 Å². The number of carbonyl (C=O) groups is 20. The summed E-state index contributed by atoms with van der Waals surface area (Å²) in [6, 6.07) is -14.3. The number of nitrogens with two attached hydrogens (primary N) is 3. The number of carboxylic acid groups (broad SMARTS) is 4. The Bertz CT molecular complexity index is 3820. The Morgan fingerprint density at radius 1 is 0.557 bits per heavy atom. The van der Waals surface area contributed by atoms with Crippen molar-refractivity contribution in [3.05, 3.63) is 36.0 Å². The lowest BCUT2D eigenvalue weighted by Crippen LogP contribution is -2.62. The molecule has 3 rings (SSSR count). The second-order valence-electron chi connectivity index (χ2n) is 28.6. The van der Waals surface area contributed by atoms with Crippen LogP contribution in [-0.2, 0) is 107 Å². The molecular formula is C73H111N17O25. The summed E-state index contributed by atoms with van der Waals surface area (Å²) in [5.41, 5.74) is 17.9. The Labute approximate surface area is 662 Å². The van der Waals surface area contributed by atoms with Crippen molar-refractivity contribution in [2.45, 2.75) is 243 Å². The fraction of sp³-hybridized carbons (Fsp3) is 0.616. The molecule has 42 heteroatoms. The van der Waals surface area contributed by atoms with E-state index in [2.05, 4.69) is 77.3 Å². The van der Waals surface area contributed by atoms with Crippen LogP contribution in [0.15, 0.2) is 30.5 Å². The maximum atomic E-state index is 15.0. The van der Waals surface area contributed by atoms with Crippen LogP contribution in [0.3, 0.4) is 0 Å². The molecule has 1 aliphatic heterocycles. The van der Waals surface area contributed by atoms with Gasteiger partial charge in [0.25, 0.3) is 0 Å². The first kappa shape index (κ1) is 97.3. The molecule has 1 aromatic carbocycles. The van der Waals surface area contributed by atoms with E-state index in [0.717, 1.165) is 53.5 Å². The predicted molar refractivity (Wildman–Crippen MR) is 405 cm³/mol. The van der Waals surface area contributed by atoms with Gasteiger partial charge in [-0.05, 0) is 81.9 Å². The van der Waals surface area contributed by atoms with Crippen LogP contribution < -0.4 is 81.0 Å². The van der Waals surface area contributed by atoms with Gasteiger partial charge in [-0.25, -0.2) is 4.79 Å². The first-order valence-corrected chi connectivity index (χ1v) is 37.8. The van der Waals surface area contributed by atoms with Crippen molar-refractivity contribution in [2.24, 2.45) is 35.0 Å². The van der Waals surface area contributed by atoms with Crippen molar-refractivity contribution in [3.63, 3.8) is 0 Å². The highest BCUT2D eigenvalue weighted by atomic mass is 16.5. The van der Waals surface area contributed by atoms with Crippen molar-refractivity contribution in [3.8, 4) is 0 Å². The van der Waals surface area contributed by atoms with Crippen LogP contribution in [0.25, 0.3) is 10.9 Å². The van der Waals surface area contributed by atoms with E-state index in [1.807, 2.05) is 5.32 Å². The normalized spacial score (nSPS) is 21.9. The fourth-order valence-electron chi connectivity index (χ4n) is 12.0. The Hall–Kier alpha value is -11.9. The average Bonchev–Trinajstić information content (AvgIpc) is 1.63. The number of aromatic nitrogens is 1. The van der Waals surface area contributed by atoms with E-state index in [1.54, 1.807) is 30.5 Å². The van der Waals surface area contributed by atoms with Crippen LogP contribution in [0.5, 0.6) is 0 Å². The van der Waals surface area contributed by atoms with E-state index in [4.69, 9.17) is 21.9 Å². The van der Waals surface area contributed by atoms with Crippen molar-refractivity contribution in [1.29, 1.82) is 0 Å². The van der Waals surface area contributed by atoms with Gasteiger partial charge in [0, 0.05) is 43.4 Å². The number of ether oxygens (including phenoxy) is 1. The number of hydrogen-bond acceptors (Lipinski definition) is 22. The van der Waals surface area contributed by atoms with Gasteiger partial charge in [0.1, 0.15) is 72.6 Å². The Morgan fingerprint density at radius 2 is 1.14 bits per heavy atom. The molecule has 23 N–H and O–H groups in total. The monoisotopic (exact) mass is 1630 g/mol. The number of likely N-dealkylation sites (N-methyl/N-ethyl adjacent to an activating group) is 1. The van der Waals surface area contributed by atoms with Gasteiger partial charge in [-0.2, -0.15) is 0 Å². The van der Waals surface area contributed by atoms with Crippen LogP contribution >= 0.6 is 0 Å². The Kier molecular flexibility index (Phi) is 41.4. The Balaban J connectivity index is 2.25. The first-order chi connectivity index (χ1) is 54.1. The van der Waals surface area contributed by atoms with Crippen LogP contribution in [0.4, 0.5) is 0 Å². The third-order valence-electron chi connectivity index (χ3n) is 19.0. The number of para-hydroxylation sites is 1. The molecule has 1 aromatic heterocycles. The lowest BCUT2D eigenvalue weighted by atomic mass is 9.94. The summed E-state index contributed by atoms with van der Waals surface area (Å²) in [5.74, 6) is -28.5. The number of H-pyrrole nitrogens is 1. The number of unbranched alkanes of at least 4 members (excludes halogenated alkanes) is 4. The number of carboxylic acids is 4. The van der Waals surface area contributed by atoms with Crippen LogP contribution in [-0.4, -0.2) is 248 Å². The number of amides is 15. The number of hydrogen-bond donors (Lipinski definition) is 20. The fourth-order valence-corrected chi connectivity index (χ4v) is 12.0. The summed E-state index contributed by atoms with van der Waals surface area (Å²) in [4.78, 5) is 277. The lowest BCUT2D eigenvalue weighted by molar-refractivity contribution is -0.159. The van der Waals surface area contributed by atoms with Crippen LogP contribution in [0.2, 0.25) is 0 Å². The molecule has 1 saturated heterocycles. The van der Waals surface area contributed by atoms with Crippen molar-refractivity contribution >= 4 is 129 Å². The van der Waals surface area contributed by atoms with Gasteiger partial charge in [-0.15, -0.1) is 0 Å². The highest BCUT2D eigenvalue weighted by Gasteiger charge is 2.42. The van der Waals surface area contributed by atoms with Crippen molar-refractivity contribution in [2.75, 3.05) is 26.7 Å². The number of carbonyl (C=O) groups excluding carboxylic acids is 16. The standard InChI is InChI=1S/C73H111N17O25/c1-9-36(3)19-13-11-12-14-23-53(93)80-46(28-41-33-77-43-21-16-15-20-42(41)43)67(108)83-45(24-25-56(96)97)66(107)85-48(30-52(76)92)70(111)89-62-40(7)115-73(114)61(37(4)10-2)88-71(112)60(38(5)27-57(98)99)87-69(110)47(29-51(75)91)81-54(94)34-78-64(105)49(31-58(100)101)86-65(106)44(22-17-18-26-74)82-68(109)50(32-59(102)103)84-63(104)39(6)79-55(95)35-90(8)72(62)113/h15-16,20-21,33,36-40,44-50,60-62,77H,9-14,17-19,22-32,34-35,74H2,1-8H3,(H2,75,91)(H2,76,92)(H,78,105)(H,79,95)(H,80,93)(H,81,94)(H,82,109)(H,83,108)(H,84,104)(H,85,107)(H,86,106)(H,87,110)(H,88,112)(H,89,111)(H,96,97)(H,98,99)(H,100,101)(H,102,103)/t36-,37-,38-,39-,40+,44+,45+,46-,47+,48-,49-,50-,60+,61-,62-/m0/s1. The average molecular weight is 1630 g/mol. The summed E-state index contributed by atoms with van der Waals surface area (Å²) in [7, 11) is 0.950. The van der Waals surface area contributed by atoms with Gasteiger partial charge >= 0.3 is 29.8 Å². The van der Waals surface area contributed by atoms with Crippen LogP contribution in [0.1, 0.15) is 170 Å². The van der Waals surface area contributed by atoms with Gasteiger partial charge < -0.3 is 116 Å². The maximum Gasteiger partial charge on any atom is 0.329 e. The van der Waals surface area contributed by atoms with E-state index in [9.17, 15) is 116 Å². The van der Waals surface area contributed by atoms with Crippen molar-refractivity contribution in [1.82, 2.24) is 73.7 Å². The molecule has 638 valence electrons. The molecule has 0 unspecified atom stereocenters. The SMILES string of the molecule is CC[C@H](C)CCCCCCC(=O)N[C@@H](Cc1c[nH]c2ccccc12)C(=O)N[C@H](CCC(=O)O)C(=O)N[C@@H](CC(N)=O)C(=O)N[C@@H]1C(=O)N(C)CC(=O)N[C@@H](C)C(=O)N[C@@H](CC(=O)O)C(=O)N[C@H](CCCCN)C(=O)N[C@@H](CC(=O)O)C(=O)NCC(=O)N[C@H](CC(N)=O)C(=O)N[C@H]([C@@H](C)CC(=O)O)C(=O)N[C@@H]([C@@H](C)CC)C(=O)O[C@@H]1C. The highest BCUT2D eigenvalue weighted by molar-refractivity contribution is 6.02. The first-order valence-electron chi connectivity index (χ1n) is 37.8. The largest absolute Gasteiger partial charge is 0.481 e. The molecule has 15 amide bonds. The van der Waals surface area contributed by atoms with Crippen LogP contribution in [0, 0.1) is 17.8 Å². The van der Waals surface area contributed by atoms with E-state index in [1.165, 1.54) is 13.8 Å². The third-order valence-corrected chi connectivity index (χ3v) is 19.0. The molecule has 0 radical (unpaired) electrons. The molecule has 0 saturated carbocycles. The lowest BCUT2D eigenvalue weighted by Gasteiger charge is -2.32.